The van der Waals surface area contributed by atoms with Crippen LogP contribution in [0.15, 0.2) is 24.3 Å². The van der Waals surface area contributed by atoms with Crippen LogP contribution in [0.1, 0.15) is 11.9 Å². The van der Waals surface area contributed by atoms with E-state index in [0.29, 0.717) is 0 Å². The van der Waals surface area contributed by atoms with Crippen molar-refractivity contribution in [2.24, 2.45) is 5.92 Å². The summed E-state index contributed by atoms with van der Waals surface area (Å²) < 4.78 is 1.27. The maximum atomic E-state index is 8.89. The first kappa shape index (κ1) is 14.5. The third kappa shape index (κ3) is 3.59. The summed E-state index contributed by atoms with van der Waals surface area (Å²) in [5.74, 6) is 0.126. The highest BCUT2D eigenvalue weighted by molar-refractivity contribution is 7.18. The zero-order valence-electron chi connectivity index (χ0n) is 12.3. The SMILES string of the molecule is C[C@H](C#N)CN1CCN(Cc2nc3ccccc3s2)CC1. The van der Waals surface area contributed by atoms with Crippen LogP contribution in [0, 0.1) is 17.2 Å². The molecule has 0 aliphatic carbocycles. The van der Waals surface area contributed by atoms with Crippen molar-refractivity contribution in [1.82, 2.24) is 14.8 Å². The van der Waals surface area contributed by atoms with Crippen LogP contribution < -0.4 is 0 Å². The third-order valence-corrected chi connectivity index (χ3v) is 4.94. The number of piperazine rings is 1. The standard InChI is InChI=1S/C16H20N4S/c1-13(10-17)11-19-6-8-20(9-7-19)12-16-18-14-4-2-3-5-15(14)21-16/h2-5,13H,6-9,11-12H2,1H3/t13-/m1/s1. The fraction of sp³-hybridized carbons (Fsp3) is 0.500. The van der Waals surface area contributed by atoms with Crippen LogP contribution in [0.5, 0.6) is 0 Å². The number of aromatic nitrogens is 1. The van der Waals surface area contributed by atoms with Gasteiger partial charge in [-0.15, -0.1) is 11.3 Å². The lowest BCUT2D eigenvalue weighted by Crippen LogP contribution is -2.46. The van der Waals surface area contributed by atoms with Crippen molar-refractivity contribution in [2.45, 2.75) is 13.5 Å². The predicted molar refractivity (Wildman–Crippen MR) is 86.1 cm³/mol. The van der Waals surface area contributed by atoms with Crippen molar-refractivity contribution in [1.29, 1.82) is 5.26 Å². The number of hydrogen-bond acceptors (Lipinski definition) is 5. The molecule has 1 aliphatic rings. The zero-order chi connectivity index (χ0) is 14.7. The van der Waals surface area contributed by atoms with Crippen molar-refractivity contribution in [3.8, 4) is 6.07 Å². The average molecular weight is 300 g/mol. The minimum Gasteiger partial charge on any atom is -0.300 e. The Kier molecular flexibility index (Phi) is 4.49. The molecule has 0 N–H and O–H groups in total. The van der Waals surface area contributed by atoms with Crippen molar-refractivity contribution >= 4 is 21.6 Å². The van der Waals surface area contributed by atoms with Crippen molar-refractivity contribution in [2.75, 3.05) is 32.7 Å². The second kappa shape index (κ2) is 6.52. The van der Waals surface area contributed by atoms with E-state index in [1.807, 2.05) is 13.0 Å². The molecule has 4 nitrogen and oxygen atoms in total. The number of para-hydroxylation sites is 1. The second-order valence-electron chi connectivity index (χ2n) is 5.68. The second-order valence-corrected chi connectivity index (χ2v) is 6.80. The summed E-state index contributed by atoms with van der Waals surface area (Å²) >= 11 is 1.80. The highest BCUT2D eigenvalue weighted by Gasteiger charge is 2.19. The van der Waals surface area contributed by atoms with Crippen molar-refractivity contribution in [3.63, 3.8) is 0 Å². The third-order valence-electron chi connectivity index (χ3n) is 3.91. The first-order valence-electron chi connectivity index (χ1n) is 7.43. The van der Waals surface area contributed by atoms with Crippen molar-refractivity contribution < 1.29 is 0 Å². The Balaban J connectivity index is 1.54. The number of thiazole rings is 1. The Bertz CT molecular complexity index is 604. The highest BCUT2D eigenvalue weighted by Crippen LogP contribution is 2.23. The van der Waals surface area contributed by atoms with Gasteiger partial charge in [0.2, 0.25) is 0 Å². The molecular formula is C16H20N4S. The lowest BCUT2D eigenvalue weighted by atomic mass is 10.2. The van der Waals surface area contributed by atoms with E-state index in [1.54, 1.807) is 11.3 Å². The molecule has 0 saturated carbocycles. The lowest BCUT2D eigenvalue weighted by Gasteiger charge is -2.34. The topological polar surface area (TPSA) is 43.2 Å². The number of benzene rings is 1. The molecule has 1 aromatic carbocycles. The van der Waals surface area contributed by atoms with E-state index >= 15 is 0 Å². The highest BCUT2D eigenvalue weighted by atomic mass is 32.1. The number of hydrogen-bond donors (Lipinski definition) is 0. The van der Waals surface area contributed by atoms with E-state index < -0.39 is 0 Å². The zero-order valence-corrected chi connectivity index (χ0v) is 13.1. The van der Waals surface area contributed by atoms with Gasteiger partial charge in [-0.05, 0) is 19.1 Å². The summed E-state index contributed by atoms with van der Waals surface area (Å²) in [6, 6.07) is 10.6. The van der Waals surface area contributed by atoms with E-state index in [0.717, 1.165) is 44.8 Å². The molecule has 2 aromatic rings. The minimum absolute atomic E-state index is 0.126. The van der Waals surface area contributed by atoms with Crippen LogP contribution >= 0.6 is 11.3 Å². The van der Waals surface area contributed by atoms with Crippen LogP contribution in [-0.4, -0.2) is 47.5 Å². The van der Waals surface area contributed by atoms with E-state index in [2.05, 4.69) is 34.1 Å². The van der Waals surface area contributed by atoms with E-state index in [4.69, 9.17) is 10.2 Å². The van der Waals surface area contributed by atoms with E-state index in [9.17, 15) is 0 Å². The van der Waals surface area contributed by atoms with E-state index in [1.165, 1.54) is 9.71 Å². The Morgan fingerprint density at radius 3 is 2.67 bits per heavy atom. The molecule has 0 spiro atoms. The van der Waals surface area contributed by atoms with Gasteiger partial charge in [0.15, 0.2) is 0 Å². The van der Waals surface area contributed by atoms with Crippen LogP contribution in [0.25, 0.3) is 10.2 Å². The smallest absolute Gasteiger partial charge is 0.108 e. The lowest BCUT2D eigenvalue weighted by molar-refractivity contribution is 0.121. The van der Waals surface area contributed by atoms with Gasteiger partial charge in [0.1, 0.15) is 5.01 Å². The van der Waals surface area contributed by atoms with Gasteiger partial charge >= 0.3 is 0 Å². The maximum absolute atomic E-state index is 8.89. The number of rotatable bonds is 4. The molecule has 1 saturated heterocycles. The van der Waals surface area contributed by atoms with Gasteiger partial charge in [-0.1, -0.05) is 12.1 Å². The number of nitrogens with zero attached hydrogens (tertiary/aromatic N) is 4. The summed E-state index contributed by atoms with van der Waals surface area (Å²) in [6.07, 6.45) is 0. The molecule has 5 heteroatoms. The molecule has 110 valence electrons. The summed E-state index contributed by atoms with van der Waals surface area (Å²) in [7, 11) is 0. The molecule has 0 amide bonds. The molecule has 0 radical (unpaired) electrons. The Morgan fingerprint density at radius 2 is 1.95 bits per heavy atom. The largest absolute Gasteiger partial charge is 0.300 e. The summed E-state index contributed by atoms with van der Waals surface area (Å²) in [5, 5.41) is 10.1. The molecule has 0 unspecified atom stereocenters. The van der Waals surface area contributed by atoms with Crippen molar-refractivity contribution in [3.05, 3.63) is 29.3 Å². The Morgan fingerprint density at radius 1 is 1.24 bits per heavy atom. The van der Waals surface area contributed by atoms with Gasteiger partial charge in [0.25, 0.3) is 0 Å². The summed E-state index contributed by atoms with van der Waals surface area (Å²) in [6.45, 7) is 8.07. The Labute approximate surface area is 129 Å². The fourth-order valence-corrected chi connectivity index (χ4v) is 3.75. The Hall–Kier alpha value is -1.48. The van der Waals surface area contributed by atoms with Gasteiger partial charge in [-0.2, -0.15) is 5.26 Å². The summed E-state index contributed by atoms with van der Waals surface area (Å²) in [4.78, 5) is 9.56. The molecule has 21 heavy (non-hydrogen) atoms. The van der Waals surface area contributed by atoms with Gasteiger partial charge in [0, 0.05) is 32.7 Å². The quantitative estimate of drug-likeness (QED) is 0.870. The van der Waals surface area contributed by atoms with Gasteiger partial charge in [-0.25, -0.2) is 4.98 Å². The molecule has 1 aromatic heterocycles. The van der Waals surface area contributed by atoms with Crippen LogP contribution in [0.2, 0.25) is 0 Å². The van der Waals surface area contributed by atoms with E-state index in [-0.39, 0.29) is 5.92 Å². The van der Waals surface area contributed by atoms with Gasteiger partial charge < -0.3 is 0 Å². The first-order chi connectivity index (χ1) is 10.2. The molecule has 1 fully saturated rings. The minimum atomic E-state index is 0.126. The molecule has 2 heterocycles. The van der Waals surface area contributed by atoms with Gasteiger partial charge in [-0.3, -0.25) is 9.80 Å². The number of nitriles is 1. The van der Waals surface area contributed by atoms with Gasteiger partial charge in [0.05, 0.1) is 28.7 Å². The normalized spacial score (nSPS) is 18.7. The molecular weight excluding hydrogens is 280 g/mol. The predicted octanol–water partition coefficient (Wildman–Crippen LogP) is 2.57. The van der Waals surface area contributed by atoms with Crippen LogP contribution in [0.4, 0.5) is 0 Å². The number of fused-ring (bicyclic) bond motifs is 1. The summed E-state index contributed by atoms with van der Waals surface area (Å²) in [5.41, 5.74) is 1.11. The maximum Gasteiger partial charge on any atom is 0.108 e. The average Bonchev–Trinajstić information content (AvgIpc) is 2.91. The fourth-order valence-electron chi connectivity index (χ4n) is 2.74. The first-order valence-corrected chi connectivity index (χ1v) is 8.25. The molecule has 1 aliphatic heterocycles. The molecule has 0 bridgehead atoms. The molecule has 3 rings (SSSR count). The van der Waals surface area contributed by atoms with Crippen LogP contribution in [0.3, 0.4) is 0 Å². The molecule has 1 atom stereocenters. The monoisotopic (exact) mass is 300 g/mol. The van der Waals surface area contributed by atoms with Crippen LogP contribution in [-0.2, 0) is 6.54 Å².